The van der Waals surface area contributed by atoms with E-state index in [1.807, 2.05) is 47.8 Å². The monoisotopic (exact) mass is 391 g/mol. The number of rotatable bonds is 2. The van der Waals surface area contributed by atoms with Crippen LogP contribution >= 0.6 is 11.6 Å². The summed E-state index contributed by atoms with van der Waals surface area (Å²) in [7, 11) is 0. The van der Waals surface area contributed by atoms with E-state index >= 15 is 0 Å². The zero-order valence-corrected chi connectivity index (χ0v) is 16.3. The summed E-state index contributed by atoms with van der Waals surface area (Å²) in [4.78, 5) is 5.05. The summed E-state index contributed by atoms with van der Waals surface area (Å²) < 4.78 is 15.5. The van der Waals surface area contributed by atoms with Gasteiger partial charge in [-0.25, -0.2) is 13.9 Å². The Kier molecular flexibility index (Phi) is 4.17. The molecular weight excluding hydrogens is 373 g/mol. The minimum Gasteiger partial charge on any atom is -0.228 e. The van der Waals surface area contributed by atoms with E-state index in [9.17, 15) is 4.39 Å². The summed E-state index contributed by atoms with van der Waals surface area (Å²) in [6.45, 7) is 2.02. The van der Waals surface area contributed by atoms with Crippen molar-refractivity contribution in [3.8, 4) is 22.4 Å². The molecule has 0 fully saturated rings. The molecule has 0 bridgehead atoms. The Bertz CT molecular complexity index is 1180. The van der Waals surface area contributed by atoms with Crippen LogP contribution in [0.25, 0.3) is 28.0 Å². The largest absolute Gasteiger partial charge is 0.228 e. The third-order valence-corrected chi connectivity index (χ3v) is 5.74. The second-order valence-electron chi connectivity index (χ2n) is 7.30. The van der Waals surface area contributed by atoms with Crippen molar-refractivity contribution in [3.63, 3.8) is 0 Å². The van der Waals surface area contributed by atoms with Crippen LogP contribution in [0, 0.1) is 12.7 Å². The average molecular weight is 392 g/mol. The van der Waals surface area contributed by atoms with E-state index in [0.717, 1.165) is 59.4 Å². The van der Waals surface area contributed by atoms with Gasteiger partial charge in [0.15, 0.2) is 5.65 Å². The Labute approximate surface area is 167 Å². The number of hydrogen-bond acceptors (Lipinski definition) is 2. The van der Waals surface area contributed by atoms with Gasteiger partial charge in [-0.3, -0.25) is 0 Å². The van der Waals surface area contributed by atoms with Crippen LogP contribution in [0.3, 0.4) is 0 Å². The van der Waals surface area contributed by atoms with Gasteiger partial charge in [-0.1, -0.05) is 23.7 Å². The fraction of sp³-hybridized carbons (Fsp3) is 0.217. The second kappa shape index (κ2) is 6.71. The highest BCUT2D eigenvalue weighted by Gasteiger charge is 2.23. The fourth-order valence-corrected chi connectivity index (χ4v) is 4.29. The van der Waals surface area contributed by atoms with Gasteiger partial charge in [0, 0.05) is 27.4 Å². The molecule has 2 aromatic heterocycles. The third kappa shape index (κ3) is 2.80. The molecule has 5 heteroatoms. The predicted molar refractivity (Wildman–Crippen MR) is 110 cm³/mol. The van der Waals surface area contributed by atoms with Crippen LogP contribution in [0.2, 0.25) is 5.02 Å². The molecule has 0 aliphatic heterocycles. The van der Waals surface area contributed by atoms with Crippen molar-refractivity contribution in [1.29, 1.82) is 0 Å². The summed E-state index contributed by atoms with van der Waals surface area (Å²) in [5.41, 5.74) is 8.20. The maximum atomic E-state index is 13.5. The van der Waals surface area contributed by atoms with Crippen molar-refractivity contribution in [3.05, 3.63) is 76.3 Å². The van der Waals surface area contributed by atoms with Gasteiger partial charge < -0.3 is 0 Å². The SMILES string of the molecule is Cc1nn2c3c(c(-c4ccc(F)cc4)nc2c1-c1ccc(Cl)cc1)CCCC3. The average Bonchev–Trinajstić information content (AvgIpc) is 3.05. The molecular formula is C23H19ClFN3. The standard InChI is InChI=1S/C23H19ClFN3/c1-14-21(15-6-10-17(24)11-7-15)23-26-22(16-8-12-18(25)13-9-16)19-4-2-3-5-20(19)28(23)27-14/h6-13H,2-5H2,1H3. The van der Waals surface area contributed by atoms with Crippen LogP contribution in [-0.2, 0) is 12.8 Å². The molecule has 2 aromatic carbocycles. The van der Waals surface area contributed by atoms with Crippen molar-refractivity contribution in [2.24, 2.45) is 0 Å². The Morgan fingerprint density at radius 3 is 2.36 bits per heavy atom. The Morgan fingerprint density at radius 1 is 0.929 bits per heavy atom. The third-order valence-electron chi connectivity index (χ3n) is 5.48. The molecule has 0 N–H and O–H groups in total. The number of aryl methyl sites for hydroxylation is 2. The predicted octanol–water partition coefficient (Wildman–Crippen LogP) is 6.04. The summed E-state index contributed by atoms with van der Waals surface area (Å²) in [6, 6.07) is 14.4. The molecule has 28 heavy (non-hydrogen) atoms. The number of halogens is 2. The van der Waals surface area contributed by atoms with Crippen LogP contribution in [0.1, 0.15) is 29.8 Å². The quantitative estimate of drug-likeness (QED) is 0.416. The zero-order valence-electron chi connectivity index (χ0n) is 15.5. The maximum absolute atomic E-state index is 13.5. The van der Waals surface area contributed by atoms with Gasteiger partial charge >= 0.3 is 0 Å². The minimum atomic E-state index is -0.235. The Hall–Kier alpha value is -2.72. The number of fused-ring (bicyclic) bond motifs is 3. The van der Waals surface area contributed by atoms with E-state index in [1.54, 1.807) is 0 Å². The highest BCUT2D eigenvalue weighted by molar-refractivity contribution is 6.30. The molecule has 1 aliphatic carbocycles. The first-order valence-electron chi connectivity index (χ1n) is 9.55. The van der Waals surface area contributed by atoms with E-state index in [4.69, 9.17) is 21.7 Å². The van der Waals surface area contributed by atoms with E-state index in [1.165, 1.54) is 23.4 Å². The van der Waals surface area contributed by atoms with Crippen molar-refractivity contribution < 1.29 is 4.39 Å². The first-order valence-corrected chi connectivity index (χ1v) is 9.92. The van der Waals surface area contributed by atoms with Gasteiger partial charge in [0.25, 0.3) is 0 Å². The summed E-state index contributed by atoms with van der Waals surface area (Å²) >= 11 is 6.08. The van der Waals surface area contributed by atoms with Gasteiger partial charge in [0.05, 0.1) is 11.4 Å². The first-order chi connectivity index (χ1) is 13.6. The van der Waals surface area contributed by atoms with E-state index < -0.39 is 0 Å². The van der Waals surface area contributed by atoms with E-state index in [0.29, 0.717) is 5.02 Å². The van der Waals surface area contributed by atoms with Gasteiger partial charge in [0.2, 0.25) is 0 Å². The molecule has 4 aromatic rings. The van der Waals surface area contributed by atoms with Crippen LogP contribution in [0.15, 0.2) is 48.5 Å². The van der Waals surface area contributed by atoms with Crippen LogP contribution < -0.4 is 0 Å². The second-order valence-corrected chi connectivity index (χ2v) is 7.74. The van der Waals surface area contributed by atoms with E-state index in [-0.39, 0.29) is 5.82 Å². The molecule has 0 atom stereocenters. The number of hydrogen-bond donors (Lipinski definition) is 0. The minimum absolute atomic E-state index is 0.235. The maximum Gasteiger partial charge on any atom is 0.164 e. The van der Waals surface area contributed by atoms with Crippen LogP contribution in [0.5, 0.6) is 0 Å². The normalized spacial score (nSPS) is 13.7. The van der Waals surface area contributed by atoms with Gasteiger partial charge in [-0.05, 0) is 74.6 Å². The van der Waals surface area contributed by atoms with Gasteiger partial charge in [0.1, 0.15) is 5.82 Å². The number of aromatic nitrogens is 3. The smallest absolute Gasteiger partial charge is 0.164 e. The summed E-state index contributed by atoms with van der Waals surface area (Å²) in [5, 5.41) is 5.54. The lowest BCUT2D eigenvalue weighted by Crippen LogP contribution is -2.13. The first kappa shape index (κ1) is 17.4. The molecule has 0 unspecified atom stereocenters. The molecule has 5 rings (SSSR count). The lowest BCUT2D eigenvalue weighted by Gasteiger charge is -2.20. The molecule has 1 aliphatic rings. The van der Waals surface area contributed by atoms with Gasteiger partial charge in [-0.2, -0.15) is 5.10 Å². The lowest BCUT2D eigenvalue weighted by atomic mass is 9.92. The topological polar surface area (TPSA) is 30.2 Å². The number of nitrogens with zero attached hydrogens (tertiary/aromatic N) is 3. The zero-order chi connectivity index (χ0) is 19.3. The fourth-order valence-electron chi connectivity index (χ4n) is 4.16. The van der Waals surface area contributed by atoms with Gasteiger partial charge in [-0.15, -0.1) is 0 Å². The molecule has 140 valence electrons. The Morgan fingerprint density at radius 2 is 1.61 bits per heavy atom. The lowest BCUT2D eigenvalue weighted by molar-refractivity contribution is 0.627. The summed E-state index contributed by atoms with van der Waals surface area (Å²) in [5.74, 6) is -0.235. The van der Waals surface area contributed by atoms with Crippen molar-refractivity contribution >= 4 is 17.2 Å². The van der Waals surface area contributed by atoms with Crippen molar-refractivity contribution in [2.75, 3.05) is 0 Å². The molecule has 0 radical (unpaired) electrons. The molecule has 2 heterocycles. The highest BCUT2D eigenvalue weighted by Crippen LogP contribution is 2.35. The van der Waals surface area contributed by atoms with Crippen molar-refractivity contribution in [1.82, 2.24) is 14.6 Å². The van der Waals surface area contributed by atoms with Crippen molar-refractivity contribution in [2.45, 2.75) is 32.6 Å². The molecule has 0 spiro atoms. The van der Waals surface area contributed by atoms with Crippen LogP contribution in [-0.4, -0.2) is 14.6 Å². The number of benzene rings is 2. The molecule has 0 saturated heterocycles. The molecule has 0 saturated carbocycles. The highest BCUT2D eigenvalue weighted by atomic mass is 35.5. The molecule has 0 amide bonds. The Balaban J connectivity index is 1.82. The molecule has 3 nitrogen and oxygen atoms in total. The van der Waals surface area contributed by atoms with E-state index in [2.05, 4.69) is 0 Å². The summed E-state index contributed by atoms with van der Waals surface area (Å²) in [6.07, 6.45) is 4.23. The van der Waals surface area contributed by atoms with Crippen LogP contribution in [0.4, 0.5) is 4.39 Å².